The number of pyridine rings is 1. The molecule has 1 saturated heterocycles. The van der Waals surface area contributed by atoms with Crippen molar-refractivity contribution in [2.75, 3.05) is 13.1 Å². The van der Waals surface area contributed by atoms with E-state index in [-0.39, 0.29) is 17.7 Å². The van der Waals surface area contributed by atoms with Crippen molar-refractivity contribution in [3.05, 3.63) is 30.1 Å². The summed E-state index contributed by atoms with van der Waals surface area (Å²) >= 11 is 0. The molecule has 0 aromatic carbocycles. The average molecular weight is 248 g/mol. The minimum atomic E-state index is -0.356. The van der Waals surface area contributed by atoms with Gasteiger partial charge in [0.25, 0.3) is 5.91 Å². The zero-order chi connectivity index (χ0) is 12.8. The van der Waals surface area contributed by atoms with Gasteiger partial charge < -0.3 is 5.32 Å². The molecule has 1 aromatic heterocycles. The van der Waals surface area contributed by atoms with Gasteiger partial charge in [-0.3, -0.25) is 25.4 Å². The second kappa shape index (κ2) is 6.11. The van der Waals surface area contributed by atoms with Gasteiger partial charge in [-0.1, -0.05) is 0 Å². The lowest BCUT2D eigenvalue weighted by Gasteiger charge is -2.21. The molecule has 3 N–H and O–H groups in total. The average Bonchev–Trinajstić information content (AvgIpc) is 2.46. The maximum Gasteiger partial charge on any atom is 0.271 e. The summed E-state index contributed by atoms with van der Waals surface area (Å²) in [6, 6.07) is 3.31. The molecule has 1 aliphatic heterocycles. The lowest BCUT2D eigenvalue weighted by Crippen LogP contribution is -2.46. The zero-order valence-corrected chi connectivity index (χ0v) is 9.98. The highest BCUT2D eigenvalue weighted by Gasteiger charge is 2.21. The molecule has 0 saturated carbocycles. The highest BCUT2D eigenvalue weighted by molar-refractivity contribution is 5.95. The van der Waals surface area contributed by atoms with Gasteiger partial charge in [0.1, 0.15) is 0 Å². The van der Waals surface area contributed by atoms with Crippen LogP contribution in [0, 0.1) is 5.92 Å². The van der Waals surface area contributed by atoms with Gasteiger partial charge in [0, 0.05) is 18.3 Å². The molecule has 6 nitrogen and oxygen atoms in total. The topological polar surface area (TPSA) is 83.1 Å². The van der Waals surface area contributed by atoms with E-state index in [2.05, 4.69) is 21.2 Å². The van der Waals surface area contributed by atoms with E-state index in [1.807, 2.05) is 0 Å². The third kappa shape index (κ3) is 3.27. The number of nitrogens with one attached hydrogen (secondary N) is 3. The van der Waals surface area contributed by atoms with Gasteiger partial charge >= 0.3 is 0 Å². The van der Waals surface area contributed by atoms with Crippen molar-refractivity contribution in [1.82, 2.24) is 21.2 Å². The van der Waals surface area contributed by atoms with Crippen molar-refractivity contribution >= 4 is 11.8 Å². The predicted molar refractivity (Wildman–Crippen MR) is 65.4 cm³/mol. The minimum Gasteiger partial charge on any atom is -0.317 e. The van der Waals surface area contributed by atoms with Gasteiger partial charge in [-0.2, -0.15) is 0 Å². The summed E-state index contributed by atoms with van der Waals surface area (Å²) < 4.78 is 0. The number of carbonyl (C=O) groups excluding carboxylic acids is 2. The number of aromatic nitrogens is 1. The largest absolute Gasteiger partial charge is 0.317 e. The zero-order valence-electron chi connectivity index (χ0n) is 9.98. The van der Waals surface area contributed by atoms with Gasteiger partial charge in [-0.05, 0) is 38.1 Å². The van der Waals surface area contributed by atoms with Crippen LogP contribution < -0.4 is 16.2 Å². The molecular weight excluding hydrogens is 232 g/mol. The van der Waals surface area contributed by atoms with Crippen molar-refractivity contribution in [3.63, 3.8) is 0 Å². The van der Waals surface area contributed by atoms with E-state index >= 15 is 0 Å². The molecule has 0 spiro atoms. The van der Waals surface area contributed by atoms with Crippen LogP contribution in [0.1, 0.15) is 23.2 Å². The highest BCUT2D eigenvalue weighted by Crippen LogP contribution is 2.10. The molecule has 0 aliphatic carbocycles. The second-order valence-corrected chi connectivity index (χ2v) is 4.21. The SMILES string of the molecule is O=C(NNC(=O)C1CCNCC1)c1cccnc1. The van der Waals surface area contributed by atoms with Crippen LogP contribution in [0.5, 0.6) is 0 Å². The molecule has 1 fully saturated rings. The van der Waals surface area contributed by atoms with Gasteiger partial charge in [-0.25, -0.2) is 0 Å². The Morgan fingerprint density at radius 3 is 2.72 bits per heavy atom. The Hall–Kier alpha value is -1.95. The van der Waals surface area contributed by atoms with E-state index in [0.717, 1.165) is 25.9 Å². The third-order valence-corrected chi connectivity index (χ3v) is 2.93. The van der Waals surface area contributed by atoms with Crippen LogP contribution in [0.2, 0.25) is 0 Å². The summed E-state index contributed by atoms with van der Waals surface area (Å²) in [6.45, 7) is 1.68. The summed E-state index contributed by atoms with van der Waals surface area (Å²) in [5.74, 6) is -0.514. The van der Waals surface area contributed by atoms with Crippen LogP contribution in [0.15, 0.2) is 24.5 Å². The molecule has 0 unspecified atom stereocenters. The summed E-state index contributed by atoms with van der Waals surface area (Å²) in [6.07, 6.45) is 4.64. The lowest BCUT2D eigenvalue weighted by molar-refractivity contribution is -0.126. The van der Waals surface area contributed by atoms with E-state index in [0.29, 0.717) is 5.56 Å². The van der Waals surface area contributed by atoms with E-state index in [9.17, 15) is 9.59 Å². The van der Waals surface area contributed by atoms with E-state index in [1.54, 1.807) is 18.3 Å². The minimum absolute atomic E-state index is 0.0274. The number of hydrazine groups is 1. The number of hydrogen-bond acceptors (Lipinski definition) is 4. The number of rotatable bonds is 2. The molecule has 1 aliphatic rings. The fourth-order valence-corrected chi connectivity index (χ4v) is 1.87. The van der Waals surface area contributed by atoms with Crippen LogP contribution in [0.3, 0.4) is 0 Å². The molecule has 0 atom stereocenters. The van der Waals surface area contributed by atoms with Crippen LogP contribution in [-0.4, -0.2) is 29.9 Å². The van der Waals surface area contributed by atoms with Crippen molar-refractivity contribution in [1.29, 1.82) is 0 Å². The Labute approximate surface area is 105 Å². The summed E-state index contributed by atoms with van der Waals surface area (Å²) in [5.41, 5.74) is 5.27. The molecular formula is C12H16N4O2. The van der Waals surface area contributed by atoms with Crippen molar-refractivity contribution in [2.24, 2.45) is 5.92 Å². The molecule has 2 heterocycles. The number of carbonyl (C=O) groups is 2. The first-order valence-corrected chi connectivity index (χ1v) is 5.98. The first-order chi connectivity index (χ1) is 8.77. The van der Waals surface area contributed by atoms with Gasteiger partial charge in [0.15, 0.2) is 0 Å². The summed E-state index contributed by atoms with van der Waals surface area (Å²) in [4.78, 5) is 27.3. The monoisotopic (exact) mass is 248 g/mol. The third-order valence-electron chi connectivity index (χ3n) is 2.93. The van der Waals surface area contributed by atoms with Crippen molar-refractivity contribution in [3.8, 4) is 0 Å². The molecule has 0 radical (unpaired) electrons. The maximum atomic E-state index is 11.8. The molecule has 2 amide bonds. The molecule has 6 heteroatoms. The summed E-state index contributed by atoms with van der Waals surface area (Å²) in [7, 11) is 0. The van der Waals surface area contributed by atoms with E-state index in [4.69, 9.17) is 0 Å². The second-order valence-electron chi connectivity index (χ2n) is 4.21. The Morgan fingerprint density at radius 2 is 2.06 bits per heavy atom. The number of nitrogens with zero attached hydrogens (tertiary/aromatic N) is 1. The number of hydrogen-bond donors (Lipinski definition) is 3. The predicted octanol–water partition coefficient (Wildman–Crippen LogP) is -0.158. The quantitative estimate of drug-likeness (QED) is 0.635. The van der Waals surface area contributed by atoms with Crippen LogP contribution in [0.25, 0.3) is 0 Å². The molecule has 2 rings (SSSR count). The van der Waals surface area contributed by atoms with Crippen molar-refractivity contribution < 1.29 is 9.59 Å². The Balaban J connectivity index is 1.80. The normalized spacial score (nSPS) is 16.0. The lowest BCUT2D eigenvalue weighted by atomic mass is 9.98. The van der Waals surface area contributed by atoms with Crippen LogP contribution in [0.4, 0.5) is 0 Å². The van der Waals surface area contributed by atoms with Crippen LogP contribution in [-0.2, 0) is 4.79 Å². The summed E-state index contributed by atoms with van der Waals surface area (Å²) in [5, 5.41) is 3.18. The van der Waals surface area contributed by atoms with E-state index in [1.165, 1.54) is 6.20 Å². The van der Waals surface area contributed by atoms with E-state index < -0.39 is 0 Å². The highest BCUT2D eigenvalue weighted by atomic mass is 16.2. The smallest absolute Gasteiger partial charge is 0.271 e. The molecule has 0 bridgehead atoms. The molecule has 1 aromatic rings. The fourth-order valence-electron chi connectivity index (χ4n) is 1.87. The molecule has 96 valence electrons. The Morgan fingerprint density at radius 1 is 1.28 bits per heavy atom. The Kier molecular flexibility index (Phi) is 4.25. The standard InChI is InChI=1S/C12H16N4O2/c17-11(9-3-6-13-7-4-9)15-16-12(18)10-2-1-5-14-8-10/h1-2,5,8-9,13H,3-4,6-7H2,(H,15,17)(H,16,18). The number of amides is 2. The first kappa shape index (κ1) is 12.5. The van der Waals surface area contributed by atoms with Gasteiger partial charge in [-0.15, -0.1) is 0 Å². The number of piperidine rings is 1. The maximum absolute atomic E-state index is 11.8. The van der Waals surface area contributed by atoms with Gasteiger partial charge in [0.05, 0.1) is 5.56 Å². The Bertz CT molecular complexity index is 415. The molecule has 18 heavy (non-hydrogen) atoms. The van der Waals surface area contributed by atoms with Gasteiger partial charge in [0.2, 0.25) is 5.91 Å². The van der Waals surface area contributed by atoms with Crippen LogP contribution >= 0.6 is 0 Å². The van der Waals surface area contributed by atoms with Crippen molar-refractivity contribution in [2.45, 2.75) is 12.8 Å². The fraction of sp³-hybridized carbons (Fsp3) is 0.417. The first-order valence-electron chi connectivity index (χ1n) is 5.98.